The van der Waals surface area contributed by atoms with Crippen molar-refractivity contribution in [1.29, 1.82) is 0 Å². The zero-order valence-corrected chi connectivity index (χ0v) is 22.1. The Morgan fingerprint density at radius 1 is 0.553 bits per heavy atom. The number of rotatable bonds is 3. The lowest BCUT2D eigenvalue weighted by molar-refractivity contribution is 0.00578. The van der Waals surface area contributed by atoms with Crippen LogP contribution in [0.2, 0.25) is 0 Å². The highest BCUT2D eigenvalue weighted by Crippen LogP contribution is 2.43. The topological polar surface area (TPSA) is 31.6 Å². The normalized spacial score (nSPS) is 16.6. The molecule has 1 aliphatic heterocycles. The van der Waals surface area contributed by atoms with Gasteiger partial charge in [-0.1, -0.05) is 97.1 Å². The molecule has 7 rings (SSSR count). The summed E-state index contributed by atoms with van der Waals surface area (Å²) in [5, 5.41) is 4.67. The molecular formula is C34H29BO3. The molecule has 4 heteroatoms. The molecule has 2 heterocycles. The molecule has 1 fully saturated rings. The summed E-state index contributed by atoms with van der Waals surface area (Å²) < 4.78 is 19.5. The molecule has 5 aromatic carbocycles. The van der Waals surface area contributed by atoms with E-state index < -0.39 is 7.12 Å². The minimum absolute atomic E-state index is 0.388. The first-order valence-corrected chi connectivity index (χ1v) is 13.2. The molecule has 6 aromatic rings. The minimum Gasteiger partial charge on any atom is -0.455 e. The fraction of sp³-hybridized carbons (Fsp3) is 0.176. The van der Waals surface area contributed by atoms with Crippen LogP contribution in [0.25, 0.3) is 55.0 Å². The summed E-state index contributed by atoms with van der Waals surface area (Å²) in [5.74, 6) is 0. The maximum atomic E-state index is 6.80. The lowest BCUT2D eigenvalue weighted by Crippen LogP contribution is -2.41. The van der Waals surface area contributed by atoms with Gasteiger partial charge in [-0.25, -0.2) is 0 Å². The molecule has 0 spiro atoms. The maximum Gasteiger partial charge on any atom is 0.494 e. The van der Waals surface area contributed by atoms with Gasteiger partial charge in [-0.3, -0.25) is 0 Å². The third-order valence-corrected chi connectivity index (χ3v) is 8.30. The fourth-order valence-electron chi connectivity index (χ4n) is 5.54. The summed E-state index contributed by atoms with van der Waals surface area (Å²) in [4.78, 5) is 0. The molecule has 1 aromatic heterocycles. The van der Waals surface area contributed by atoms with E-state index >= 15 is 0 Å². The van der Waals surface area contributed by atoms with Gasteiger partial charge in [-0.15, -0.1) is 0 Å². The van der Waals surface area contributed by atoms with E-state index in [9.17, 15) is 0 Å². The first kappa shape index (κ1) is 23.3. The van der Waals surface area contributed by atoms with E-state index in [1.807, 2.05) is 6.07 Å². The van der Waals surface area contributed by atoms with E-state index in [1.165, 1.54) is 10.8 Å². The van der Waals surface area contributed by atoms with Crippen LogP contribution in [0.3, 0.4) is 0 Å². The Labute approximate surface area is 223 Å². The summed E-state index contributed by atoms with van der Waals surface area (Å²) in [7, 11) is -0.413. The quantitative estimate of drug-likeness (QED) is 0.231. The summed E-state index contributed by atoms with van der Waals surface area (Å²) in [5.41, 5.74) is 6.42. The van der Waals surface area contributed by atoms with E-state index in [0.29, 0.717) is 0 Å². The molecular weight excluding hydrogens is 467 g/mol. The van der Waals surface area contributed by atoms with Crippen LogP contribution in [0.1, 0.15) is 27.7 Å². The van der Waals surface area contributed by atoms with Crippen molar-refractivity contribution in [3.63, 3.8) is 0 Å². The highest BCUT2D eigenvalue weighted by atomic mass is 16.7. The first-order valence-electron chi connectivity index (χ1n) is 13.2. The lowest BCUT2D eigenvalue weighted by atomic mass is 9.78. The molecule has 0 unspecified atom stereocenters. The van der Waals surface area contributed by atoms with E-state index in [-0.39, 0.29) is 11.2 Å². The Morgan fingerprint density at radius 3 is 2.00 bits per heavy atom. The molecule has 0 amide bonds. The number of fused-ring (bicyclic) bond motifs is 5. The molecule has 1 saturated heterocycles. The van der Waals surface area contributed by atoms with E-state index in [1.54, 1.807) is 0 Å². The largest absolute Gasteiger partial charge is 0.494 e. The first-order chi connectivity index (χ1) is 18.3. The molecule has 0 radical (unpaired) electrons. The van der Waals surface area contributed by atoms with Gasteiger partial charge < -0.3 is 13.7 Å². The average molecular weight is 496 g/mol. The molecule has 0 atom stereocenters. The second-order valence-electron chi connectivity index (χ2n) is 11.2. The van der Waals surface area contributed by atoms with Gasteiger partial charge in [0.25, 0.3) is 0 Å². The van der Waals surface area contributed by atoms with Gasteiger partial charge in [-0.05, 0) is 61.1 Å². The van der Waals surface area contributed by atoms with E-state index in [0.717, 1.165) is 49.7 Å². The van der Waals surface area contributed by atoms with Crippen molar-refractivity contribution in [2.45, 2.75) is 38.9 Å². The zero-order valence-electron chi connectivity index (χ0n) is 22.1. The summed E-state index contributed by atoms with van der Waals surface area (Å²) in [6.07, 6.45) is 0. The zero-order chi connectivity index (χ0) is 26.1. The molecule has 38 heavy (non-hydrogen) atoms. The molecule has 3 nitrogen and oxygen atoms in total. The van der Waals surface area contributed by atoms with Crippen molar-refractivity contribution in [3.05, 3.63) is 103 Å². The predicted octanol–water partition coefficient (Wildman–Crippen LogP) is 8.37. The Kier molecular flexibility index (Phi) is 5.10. The number of hydrogen-bond acceptors (Lipinski definition) is 3. The van der Waals surface area contributed by atoms with Crippen LogP contribution in [-0.4, -0.2) is 18.3 Å². The smallest absolute Gasteiger partial charge is 0.455 e. The average Bonchev–Trinajstić information content (AvgIpc) is 3.42. The van der Waals surface area contributed by atoms with Crippen molar-refractivity contribution in [2.75, 3.05) is 0 Å². The van der Waals surface area contributed by atoms with Gasteiger partial charge in [0.15, 0.2) is 0 Å². The second-order valence-corrected chi connectivity index (χ2v) is 11.2. The van der Waals surface area contributed by atoms with Crippen LogP contribution in [-0.2, 0) is 9.31 Å². The monoisotopic (exact) mass is 496 g/mol. The SMILES string of the molecule is CC1(C)OB(c2cccc(-c3cccc4c3oc3c(-c5ccccc5)cc5ccccc5c34)c2)OC1(C)C. The van der Waals surface area contributed by atoms with Gasteiger partial charge in [0, 0.05) is 21.9 Å². The van der Waals surface area contributed by atoms with Crippen LogP contribution < -0.4 is 5.46 Å². The minimum atomic E-state index is -0.413. The number of hydrogen-bond donors (Lipinski definition) is 0. The second kappa shape index (κ2) is 8.32. The van der Waals surface area contributed by atoms with Crippen LogP contribution in [0.5, 0.6) is 0 Å². The van der Waals surface area contributed by atoms with Crippen LogP contribution >= 0.6 is 0 Å². The number of benzene rings is 5. The van der Waals surface area contributed by atoms with Crippen LogP contribution in [0.4, 0.5) is 0 Å². The van der Waals surface area contributed by atoms with Gasteiger partial charge in [0.05, 0.1) is 11.2 Å². The summed E-state index contributed by atoms with van der Waals surface area (Å²) in [6, 6.07) is 36.2. The third-order valence-electron chi connectivity index (χ3n) is 8.30. The Morgan fingerprint density at radius 2 is 1.21 bits per heavy atom. The highest BCUT2D eigenvalue weighted by molar-refractivity contribution is 6.62. The Hall–Kier alpha value is -3.86. The highest BCUT2D eigenvalue weighted by Gasteiger charge is 2.51. The maximum absolute atomic E-state index is 6.80. The van der Waals surface area contributed by atoms with Gasteiger partial charge >= 0.3 is 7.12 Å². The molecule has 0 N–H and O–H groups in total. The van der Waals surface area contributed by atoms with Crippen molar-refractivity contribution in [2.24, 2.45) is 0 Å². The predicted molar refractivity (Wildman–Crippen MR) is 158 cm³/mol. The molecule has 0 saturated carbocycles. The Balaban J connectivity index is 1.45. The van der Waals surface area contributed by atoms with Gasteiger partial charge in [0.1, 0.15) is 11.2 Å². The standard InChI is InChI=1S/C34H29BO3/c1-33(2)34(3,4)38-35(37-33)25-16-10-15-23(20-25)27-18-11-19-28-30-26-17-9-8-14-24(26)21-29(32(30)36-31(27)28)22-12-6-5-7-13-22/h5-21H,1-4H3. The lowest BCUT2D eigenvalue weighted by Gasteiger charge is -2.32. The van der Waals surface area contributed by atoms with Crippen LogP contribution in [0.15, 0.2) is 108 Å². The number of furan rings is 1. The van der Waals surface area contributed by atoms with Crippen LogP contribution in [0, 0.1) is 0 Å². The summed E-state index contributed by atoms with van der Waals surface area (Å²) in [6.45, 7) is 8.34. The van der Waals surface area contributed by atoms with Crippen molar-refractivity contribution in [1.82, 2.24) is 0 Å². The molecule has 1 aliphatic rings. The molecule has 0 bridgehead atoms. The van der Waals surface area contributed by atoms with Gasteiger partial charge in [-0.2, -0.15) is 0 Å². The fourth-order valence-corrected chi connectivity index (χ4v) is 5.54. The summed E-state index contributed by atoms with van der Waals surface area (Å²) >= 11 is 0. The van der Waals surface area contributed by atoms with Crippen molar-refractivity contribution >= 4 is 45.3 Å². The molecule has 0 aliphatic carbocycles. The van der Waals surface area contributed by atoms with E-state index in [4.69, 9.17) is 13.7 Å². The van der Waals surface area contributed by atoms with Crippen molar-refractivity contribution in [3.8, 4) is 22.3 Å². The van der Waals surface area contributed by atoms with Crippen molar-refractivity contribution < 1.29 is 13.7 Å². The third kappa shape index (κ3) is 3.52. The Bertz CT molecular complexity index is 1820. The molecule has 186 valence electrons. The van der Waals surface area contributed by atoms with E-state index in [2.05, 4.69) is 125 Å². The van der Waals surface area contributed by atoms with Gasteiger partial charge in [0.2, 0.25) is 0 Å². The number of para-hydroxylation sites is 1.